The predicted molar refractivity (Wildman–Crippen MR) is 169 cm³/mol. The van der Waals surface area contributed by atoms with E-state index in [1.54, 1.807) is 54.6 Å². The number of anilines is 1. The zero-order valence-corrected chi connectivity index (χ0v) is 24.8. The molecule has 0 radical (unpaired) electrons. The zero-order valence-electron chi connectivity index (χ0n) is 24.0. The summed E-state index contributed by atoms with van der Waals surface area (Å²) >= 11 is 0. The van der Waals surface area contributed by atoms with Crippen LogP contribution in [0.1, 0.15) is 16.7 Å². The minimum absolute atomic E-state index is 0.0562. The molecule has 5 aromatic rings. The van der Waals surface area contributed by atoms with Crippen molar-refractivity contribution < 1.29 is 31.7 Å². The first-order chi connectivity index (χ1) is 21.7. The molecule has 1 saturated heterocycles. The Balaban J connectivity index is 1.34. The van der Waals surface area contributed by atoms with E-state index in [0.29, 0.717) is 23.1 Å². The predicted octanol–water partition coefficient (Wildman–Crippen LogP) is 6.16. The molecule has 9 nitrogen and oxygen atoms in total. The molecule has 0 bridgehead atoms. The van der Waals surface area contributed by atoms with Gasteiger partial charge in [-0.15, -0.1) is 0 Å². The van der Waals surface area contributed by atoms with E-state index in [4.69, 9.17) is 8.92 Å². The first-order valence-corrected chi connectivity index (χ1v) is 15.3. The summed E-state index contributed by atoms with van der Waals surface area (Å²) in [6.07, 6.45) is 1.25. The lowest BCUT2D eigenvalue weighted by molar-refractivity contribution is -0.122. The number of amides is 4. The number of barbiturate groups is 1. The van der Waals surface area contributed by atoms with Gasteiger partial charge in [0.05, 0.1) is 5.69 Å². The van der Waals surface area contributed by atoms with Gasteiger partial charge < -0.3 is 8.92 Å². The number of benzene rings is 5. The van der Waals surface area contributed by atoms with Gasteiger partial charge in [0.15, 0.2) is 5.75 Å². The van der Waals surface area contributed by atoms with Crippen LogP contribution >= 0.6 is 0 Å². The molecular formula is C35H26N2O7S. The van der Waals surface area contributed by atoms with E-state index < -0.39 is 28.0 Å². The SMILES string of the molecule is Cc1ccc(S(=O)(=O)Oc2ccc3ccccc3c2/C=C2\C(=O)NC(=O)N(c3ccc(OCc4ccccc4)cc3)C2=O)cc1. The molecule has 1 N–H and O–H groups in total. The van der Waals surface area contributed by atoms with Crippen LogP contribution in [0, 0.1) is 6.92 Å². The van der Waals surface area contributed by atoms with Crippen LogP contribution in [-0.2, 0) is 26.3 Å². The fraction of sp³-hybridized carbons (Fsp3) is 0.0571. The van der Waals surface area contributed by atoms with Crippen molar-refractivity contribution in [2.75, 3.05) is 4.90 Å². The van der Waals surface area contributed by atoms with Crippen molar-refractivity contribution in [1.82, 2.24) is 5.32 Å². The Kier molecular flexibility index (Phi) is 7.89. The third-order valence-corrected chi connectivity index (χ3v) is 8.42. The van der Waals surface area contributed by atoms with Gasteiger partial charge in [0.25, 0.3) is 11.8 Å². The molecule has 6 rings (SSSR count). The van der Waals surface area contributed by atoms with Crippen LogP contribution in [0.25, 0.3) is 16.8 Å². The van der Waals surface area contributed by atoms with Gasteiger partial charge in [0.1, 0.15) is 22.8 Å². The number of hydrogen-bond donors (Lipinski definition) is 1. The average Bonchev–Trinajstić information content (AvgIpc) is 3.04. The van der Waals surface area contributed by atoms with E-state index in [0.717, 1.165) is 16.0 Å². The second-order valence-electron chi connectivity index (χ2n) is 10.3. The molecular weight excluding hydrogens is 592 g/mol. The van der Waals surface area contributed by atoms with Gasteiger partial charge in [-0.3, -0.25) is 14.9 Å². The molecule has 1 fully saturated rings. The number of aryl methyl sites for hydroxylation is 1. The van der Waals surface area contributed by atoms with Crippen LogP contribution in [0.3, 0.4) is 0 Å². The van der Waals surface area contributed by atoms with Crippen LogP contribution < -0.4 is 19.1 Å². The van der Waals surface area contributed by atoms with Crippen LogP contribution in [0.5, 0.6) is 11.5 Å². The highest BCUT2D eigenvalue weighted by molar-refractivity contribution is 7.87. The average molecular weight is 619 g/mol. The molecule has 10 heteroatoms. The Morgan fingerprint density at radius 1 is 0.778 bits per heavy atom. The van der Waals surface area contributed by atoms with E-state index in [9.17, 15) is 22.8 Å². The summed E-state index contributed by atoms with van der Waals surface area (Å²) in [5.41, 5.74) is 1.86. The van der Waals surface area contributed by atoms with Crippen molar-refractivity contribution in [2.24, 2.45) is 0 Å². The van der Waals surface area contributed by atoms with Crippen LogP contribution in [0.2, 0.25) is 0 Å². The molecule has 0 atom stereocenters. The van der Waals surface area contributed by atoms with E-state index in [1.807, 2.05) is 37.3 Å². The third kappa shape index (κ3) is 6.17. The van der Waals surface area contributed by atoms with Crippen LogP contribution in [0.15, 0.2) is 126 Å². The van der Waals surface area contributed by atoms with Crippen molar-refractivity contribution in [1.29, 1.82) is 0 Å². The quantitative estimate of drug-likeness (QED) is 0.126. The normalized spacial score (nSPS) is 14.5. The Morgan fingerprint density at radius 2 is 1.47 bits per heavy atom. The number of carbonyl (C=O) groups excluding carboxylic acids is 3. The first kappa shape index (κ1) is 29.3. The molecule has 45 heavy (non-hydrogen) atoms. The number of ether oxygens (including phenoxy) is 1. The molecule has 0 aromatic heterocycles. The van der Waals surface area contributed by atoms with Gasteiger partial charge in [-0.1, -0.05) is 78.4 Å². The monoisotopic (exact) mass is 618 g/mol. The van der Waals surface area contributed by atoms with Gasteiger partial charge in [-0.05, 0) is 71.8 Å². The lowest BCUT2D eigenvalue weighted by Crippen LogP contribution is -2.54. The molecule has 1 aliphatic heterocycles. The molecule has 4 amide bonds. The molecule has 0 saturated carbocycles. The highest BCUT2D eigenvalue weighted by Crippen LogP contribution is 2.34. The van der Waals surface area contributed by atoms with Gasteiger partial charge in [-0.25, -0.2) is 9.69 Å². The summed E-state index contributed by atoms with van der Waals surface area (Å²) in [7, 11) is -4.27. The fourth-order valence-corrected chi connectivity index (χ4v) is 5.78. The van der Waals surface area contributed by atoms with Gasteiger partial charge in [-0.2, -0.15) is 8.42 Å². The number of urea groups is 1. The van der Waals surface area contributed by atoms with E-state index in [-0.39, 0.29) is 27.5 Å². The maximum absolute atomic E-state index is 13.7. The second-order valence-corrected chi connectivity index (χ2v) is 11.8. The number of carbonyl (C=O) groups is 3. The molecule has 0 unspecified atom stereocenters. The van der Waals surface area contributed by atoms with Gasteiger partial charge in [0, 0.05) is 5.56 Å². The summed E-state index contributed by atoms with van der Waals surface area (Å²) in [5.74, 6) is -1.39. The number of nitrogens with zero attached hydrogens (tertiary/aromatic N) is 1. The number of hydrogen-bond acceptors (Lipinski definition) is 7. The van der Waals surface area contributed by atoms with Crippen molar-refractivity contribution in [3.05, 3.63) is 138 Å². The second kappa shape index (κ2) is 12.1. The molecule has 1 aliphatic rings. The summed E-state index contributed by atoms with van der Waals surface area (Å²) in [6.45, 7) is 2.17. The summed E-state index contributed by atoms with van der Waals surface area (Å²) in [4.78, 5) is 40.4. The largest absolute Gasteiger partial charge is 0.489 e. The fourth-order valence-electron chi connectivity index (χ4n) is 4.84. The lowest BCUT2D eigenvalue weighted by Gasteiger charge is -2.26. The minimum Gasteiger partial charge on any atom is -0.489 e. The van der Waals surface area contributed by atoms with E-state index in [1.165, 1.54) is 36.4 Å². The van der Waals surface area contributed by atoms with Crippen LogP contribution in [0.4, 0.5) is 10.5 Å². The number of nitrogens with one attached hydrogen (secondary N) is 1. The van der Waals surface area contributed by atoms with Crippen molar-refractivity contribution in [2.45, 2.75) is 18.4 Å². The number of rotatable bonds is 8. The highest BCUT2D eigenvalue weighted by Gasteiger charge is 2.37. The Hall–Kier alpha value is -5.74. The Bertz CT molecular complexity index is 2070. The van der Waals surface area contributed by atoms with Crippen molar-refractivity contribution in [3.63, 3.8) is 0 Å². The Morgan fingerprint density at radius 3 is 2.20 bits per heavy atom. The van der Waals surface area contributed by atoms with Gasteiger partial charge >= 0.3 is 16.1 Å². The summed E-state index contributed by atoms with van der Waals surface area (Å²) in [6, 6.07) is 31.3. The topological polar surface area (TPSA) is 119 Å². The third-order valence-electron chi connectivity index (χ3n) is 7.17. The maximum Gasteiger partial charge on any atom is 0.339 e. The first-order valence-electron chi connectivity index (χ1n) is 13.9. The number of fused-ring (bicyclic) bond motifs is 1. The van der Waals surface area contributed by atoms with Crippen molar-refractivity contribution >= 4 is 50.5 Å². The van der Waals surface area contributed by atoms with Crippen molar-refractivity contribution in [3.8, 4) is 11.5 Å². The van der Waals surface area contributed by atoms with E-state index in [2.05, 4.69) is 5.32 Å². The van der Waals surface area contributed by atoms with Crippen LogP contribution in [-0.4, -0.2) is 26.3 Å². The maximum atomic E-state index is 13.7. The van der Waals surface area contributed by atoms with E-state index >= 15 is 0 Å². The standard InChI is InChI=1S/C35H26N2O7S/c1-23-11-18-28(19-12-23)45(41,42)44-32-20-13-25-9-5-6-10-29(25)30(32)21-31-33(38)36-35(40)37(34(31)39)26-14-16-27(17-15-26)43-22-24-7-3-2-4-8-24/h2-21H,22H2,1H3,(H,36,38,40)/b31-21+. The summed E-state index contributed by atoms with van der Waals surface area (Å²) in [5, 5.41) is 3.45. The molecule has 0 aliphatic carbocycles. The Labute approximate surface area is 259 Å². The summed E-state index contributed by atoms with van der Waals surface area (Å²) < 4.78 is 37.8. The highest BCUT2D eigenvalue weighted by atomic mass is 32.2. The smallest absolute Gasteiger partial charge is 0.339 e. The van der Waals surface area contributed by atoms with Gasteiger partial charge in [0.2, 0.25) is 0 Å². The lowest BCUT2D eigenvalue weighted by atomic mass is 10.00. The number of imide groups is 2. The zero-order chi connectivity index (χ0) is 31.6. The molecule has 0 spiro atoms. The molecule has 224 valence electrons. The molecule has 5 aromatic carbocycles. The molecule has 1 heterocycles. The minimum atomic E-state index is -4.27.